The number of hydrogen-bond donors (Lipinski definition) is 1. The van der Waals surface area contributed by atoms with E-state index in [4.69, 9.17) is 5.11 Å². The normalized spacial score (nSPS) is 32.5. The molecule has 0 saturated heterocycles. The van der Waals surface area contributed by atoms with Crippen molar-refractivity contribution in [3.63, 3.8) is 0 Å². The molecule has 22 heavy (non-hydrogen) atoms. The first kappa shape index (κ1) is 17.6. The van der Waals surface area contributed by atoms with Crippen molar-refractivity contribution >= 4 is 5.97 Å². The molecule has 1 N–H and O–H groups in total. The van der Waals surface area contributed by atoms with Crippen LogP contribution in [-0.4, -0.2) is 11.1 Å². The van der Waals surface area contributed by atoms with Crippen molar-refractivity contribution in [3.05, 3.63) is 11.1 Å². The Hall–Kier alpha value is -0.790. The van der Waals surface area contributed by atoms with Gasteiger partial charge in [-0.2, -0.15) is 0 Å². The Kier molecular flexibility index (Phi) is 5.09. The van der Waals surface area contributed by atoms with Crippen LogP contribution in [0.3, 0.4) is 0 Å². The molecular formula is C20H34O2. The molecule has 0 unspecified atom stereocenters. The monoisotopic (exact) mass is 306 g/mol. The summed E-state index contributed by atoms with van der Waals surface area (Å²) in [5.74, 6) is 0.408. The third-order valence-corrected chi connectivity index (χ3v) is 6.65. The van der Waals surface area contributed by atoms with Gasteiger partial charge >= 0.3 is 5.97 Å². The van der Waals surface area contributed by atoms with Gasteiger partial charge in [-0.25, -0.2) is 0 Å². The highest BCUT2D eigenvalue weighted by atomic mass is 16.4. The summed E-state index contributed by atoms with van der Waals surface area (Å²) in [5.41, 5.74) is 4.08. The summed E-state index contributed by atoms with van der Waals surface area (Å²) in [6.07, 6.45) is 9.01. The molecule has 0 aromatic rings. The molecule has 0 radical (unpaired) electrons. The summed E-state index contributed by atoms with van der Waals surface area (Å²) in [6.45, 7) is 11.8. The van der Waals surface area contributed by atoms with E-state index in [-0.39, 0.29) is 5.92 Å². The third kappa shape index (κ3) is 3.41. The van der Waals surface area contributed by atoms with Gasteiger partial charge in [-0.1, -0.05) is 45.3 Å². The second-order valence-corrected chi connectivity index (χ2v) is 8.85. The number of fused-ring (bicyclic) bond motifs is 1. The highest BCUT2D eigenvalue weighted by Gasteiger charge is 2.49. The highest BCUT2D eigenvalue weighted by molar-refractivity contribution is 5.66. The molecule has 2 nitrogen and oxygen atoms in total. The van der Waals surface area contributed by atoms with Gasteiger partial charge in [0.05, 0.1) is 0 Å². The number of carbonyl (C=O) groups is 1. The molecule has 1 fully saturated rings. The number of carboxylic acid groups (broad SMARTS) is 1. The quantitative estimate of drug-likeness (QED) is 0.650. The van der Waals surface area contributed by atoms with E-state index in [0.29, 0.717) is 17.3 Å². The molecule has 3 atom stereocenters. The Bertz CT molecular complexity index is 460. The smallest absolute Gasteiger partial charge is 0.303 e. The fourth-order valence-electron chi connectivity index (χ4n) is 5.48. The van der Waals surface area contributed by atoms with E-state index in [1.54, 1.807) is 11.1 Å². The molecule has 0 amide bonds. The van der Waals surface area contributed by atoms with Crippen molar-refractivity contribution in [2.45, 2.75) is 86.0 Å². The Morgan fingerprint density at radius 3 is 2.64 bits per heavy atom. The minimum absolute atomic E-state index is 0.276. The maximum absolute atomic E-state index is 10.9. The second-order valence-electron chi connectivity index (χ2n) is 8.85. The number of hydrogen-bond acceptors (Lipinski definition) is 1. The van der Waals surface area contributed by atoms with Gasteiger partial charge in [-0.15, -0.1) is 0 Å². The van der Waals surface area contributed by atoms with Crippen LogP contribution in [-0.2, 0) is 4.79 Å². The lowest BCUT2D eigenvalue weighted by Crippen LogP contribution is -2.45. The molecule has 2 heteroatoms. The van der Waals surface area contributed by atoms with Crippen molar-refractivity contribution in [1.29, 1.82) is 0 Å². The Balaban J connectivity index is 2.16. The molecule has 0 bridgehead atoms. The van der Waals surface area contributed by atoms with Crippen LogP contribution in [0.1, 0.15) is 86.0 Å². The molecule has 0 aromatic carbocycles. The molecular weight excluding hydrogens is 272 g/mol. The first-order valence-corrected chi connectivity index (χ1v) is 9.07. The van der Waals surface area contributed by atoms with Gasteiger partial charge in [-0.05, 0) is 68.1 Å². The van der Waals surface area contributed by atoms with Crippen molar-refractivity contribution in [2.24, 2.45) is 22.7 Å². The molecule has 2 rings (SSSR count). The van der Waals surface area contributed by atoms with E-state index >= 15 is 0 Å². The van der Waals surface area contributed by atoms with Gasteiger partial charge in [-0.3, -0.25) is 4.79 Å². The number of allylic oxidation sites excluding steroid dienone is 2. The minimum Gasteiger partial charge on any atom is -0.481 e. The zero-order chi connectivity index (χ0) is 16.5. The minimum atomic E-state index is -0.662. The Labute approximate surface area is 136 Å². The molecule has 1 saturated carbocycles. The third-order valence-electron chi connectivity index (χ3n) is 6.65. The Morgan fingerprint density at radius 2 is 2.00 bits per heavy atom. The number of carboxylic acids is 1. The van der Waals surface area contributed by atoms with Crippen molar-refractivity contribution < 1.29 is 9.90 Å². The van der Waals surface area contributed by atoms with Crippen LogP contribution in [0.4, 0.5) is 0 Å². The summed E-state index contributed by atoms with van der Waals surface area (Å²) in [7, 11) is 0. The molecule has 0 aliphatic heterocycles. The summed E-state index contributed by atoms with van der Waals surface area (Å²) in [6, 6.07) is 0. The fourth-order valence-corrected chi connectivity index (χ4v) is 5.48. The van der Waals surface area contributed by atoms with Gasteiger partial charge in [0.2, 0.25) is 0 Å². The number of rotatable bonds is 5. The van der Waals surface area contributed by atoms with Crippen molar-refractivity contribution in [3.8, 4) is 0 Å². The van der Waals surface area contributed by atoms with E-state index < -0.39 is 5.97 Å². The van der Waals surface area contributed by atoms with Gasteiger partial charge in [0.1, 0.15) is 0 Å². The summed E-state index contributed by atoms with van der Waals surface area (Å²) in [5, 5.41) is 8.97. The molecule has 0 spiro atoms. The largest absolute Gasteiger partial charge is 0.481 e. The van der Waals surface area contributed by atoms with Gasteiger partial charge in [0, 0.05) is 6.42 Å². The topological polar surface area (TPSA) is 37.3 Å². The average Bonchev–Trinajstić information content (AvgIpc) is 2.35. The standard InChI is InChI=1S/C20H34O2/c1-14(13-18(21)22)7-9-16-15(2)8-10-17-19(3,4)11-6-12-20(16,17)5/h14,17H,6-13H2,1-5H3,(H,21,22)/t14-,17-,20+/m1/s1. The van der Waals surface area contributed by atoms with E-state index in [1.807, 2.05) is 0 Å². The van der Waals surface area contributed by atoms with Gasteiger partial charge < -0.3 is 5.11 Å². The van der Waals surface area contributed by atoms with E-state index in [2.05, 4.69) is 34.6 Å². The van der Waals surface area contributed by atoms with Crippen LogP contribution in [0, 0.1) is 22.7 Å². The van der Waals surface area contributed by atoms with Crippen LogP contribution < -0.4 is 0 Å². The maximum atomic E-state index is 10.9. The van der Waals surface area contributed by atoms with E-state index in [9.17, 15) is 4.79 Å². The van der Waals surface area contributed by atoms with Crippen molar-refractivity contribution in [2.75, 3.05) is 0 Å². The highest BCUT2D eigenvalue weighted by Crippen LogP contribution is 2.60. The van der Waals surface area contributed by atoms with Gasteiger partial charge in [0.25, 0.3) is 0 Å². The maximum Gasteiger partial charge on any atom is 0.303 e. The summed E-state index contributed by atoms with van der Waals surface area (Å²) < 4.78 is 0. The second kappa shape index (κ2) is 6.37. The lowest BCUT2D eigenvalue weighted by molar-refractivity contribution is -0.138. The van der Waals surface area contributed by atoms with Crippen LogP contribution in [0.5, 0.6) is 0 Å². The first-order valence-electron chi connectivity index (χ1n) is 9.07. The lowest BCUT2D eigenvalue weighted by Gasteiger charge is -2.55. The SMILES string of the molecule is CC1=C(CC[C@@H](C)CC(=O)O)[C@]2(C)CCCC(C)(C)[C@H]2CC1. The van der Waals surface area contributed by atoms with Crippen molar-refractivity contribution in [1.82, 2.24) is 0 Å². The van der Waals surface area contributed by atoms with E-state index in [1.165, 1.54) is 32.1 Å². The van der Waals surface area contributed by atoms with Crippen LogP contribution in [0.2, 0.25) is 0 Å². The zero-order valence-electron chi connectivity index (χ0n) is 15.2. The fraction of sp³-hybridized carbons (Fsp3) is 0.850. The zero-order valence-corrected chi connectivity index (χ0v) is 15.2. The lowest BCUT2D eigenvalue weighted by atomic mass is 9.50. The molecule has 2 aliphatic rings. The summed E-state index contributed by atoms with van der Waals surface area (Å²) in [4.78, 5) is 10.9. The van der Waals surface area contributed by atoms with Gasteiger partial charge in [0.15, 0.2) is 0 Å². The number of aliphatic carboxylic acids is 1. The first-order chi connectivity index (χ1) is 10.2. The predicted octanol–water partition coefficient (Wildman–Crippen LogP) is 5.82. The predicted molar refractivity (Wildman–Crippen MR) is 91.8 cm³/mol. The molecule has 2 aliphatic carbocycles. The van der Waals surface area contributed by atoms with Crippen LogP contribution in [0.25, 0.3) is 0 Å². The average molecular weight is 306 g/mol. The molecule has 126 valence electrons. The van der Waals surface area contributed by atoms with Crippen LogP contribution >= 0.6 is 0 Å². The Morgan fingerprint density at radius 1 is 1.32 bits per heavy atom. The summed E-state index contributed by atoms with van der Waals surface area (Å²) >= 11 is 0. The van der Waals surface area contributed by atoms with Crippen LogP contribution in [0.15, 0.2) is 11.1 Å². The molecule has 0 heterocycles. The molecule has 0 aromatic heterocycles. The van der Waals surface area contributed by atoms with E-state index in [0.717, 1.165) is 18.8 Å².